The second kappa shape index (κ2) is 8.18. The quantitative estimate of drug-likeness (QED) is 0.443. The molecule has 1 unspecified atom stereocenters. The van der Waals surface area contributed by atoms with Crippen molar-refractivity contribution in [1.82, 2.24) is 23.7 Å². The molecule has 4 aromatic rings. The first-order valence-electron chi connectivity index (χ1n) is 10.6. The van der Waals surface area contributed by atoms with Gasteiger partial charge in [0, 0.05) is 20.5 Å². The van der Waals surface area contributed by atoms with Crippen LogP contribution in [0.15, 0.2) is 68.1 Å². The Bertz CT molecular complexity index is 1530. The van der Waals surface area contributed by atoms with Crippen molar-refractivity contribution < 1.29 is 13.9 Å². The SMILES string of the molecule is COc1ccc(C2=NN(C(=O)Cn3cnc4c3c(=O)n(C)c(=O)n4C)C(c3ccco3)C2)cc1. The lowest BCUT2D eigenvalue weighted by Crippen LogP contribution is -2.38. The number of imidazole rings is 1. The Labute approximate surface area is 193 Å². The first kappa shape index (κ1) is 21.4. The van der Waals surface area contributed by atoms with Gasteiger partial charge in [-0.3, -0.25) is 18.7 Å². The summed E-state index contributed by atoms with van der Waals surface area (Å²) in [6, 6.07) is 10.6. The molecule has 1 aliphatic heterocycles. The Morgan fingerprint density at radius 2 is 1.91 bits per heavy atom. The van der Waals surface area contributed by atoms with Gasteiger partial charge in [-0.15, -0.1) is 0 Å². The van der Waals surface area contributed by atoms with Crippen molar-refractivity contribution in [2.75, 3.05) is 7.11 Å². The molecule has 0 saturated heterocycles. The molecule has 0 bridgehead atoms. The predicted molar refractivity (Wildman–Crippen MR) is 123 cm³/mol. The van der Waals surface area contributed by atoms with E-state index in [1.165, 1.54) is 34.6 Å². The number of furan rings is 1. The largest absolute Gasteiger partial charge is 0.497 e. The third-order valence-corrected chi connectivity index (χ3v) is 5.98. The number of benzene rings is 1. The molecule has 0 fully saturated rings. The highest BCUT2D eigenvalue weighted by Gasteiger charge is 2.35. The molecule has 0 aliphatic carbocycles. The smallest absolute Gasteiger partial charge is 0.332 e. The summed E-state index contributed by atoms with van der Waals surface area (Å²) in [4.78, 5) is 42.5. The Hall–Kier alpha value is -4.41. The van der Waals surface area contributed by atoms with Crippen molar-refractivity contribution >= 4 is 22.8 Å². The second-order valence-corrected chi connectivity index (χ2v) is 8.00. The van der Waals surface area contributed by atoms with Gasteiger partial charge in [0.1, 0.15) is 24.1 Å². The van der Waals surface area contributed by atoms with Crippen molar-refractivity contribution in [2.45, 2.75) is 19.0 Å². The van der Waals surface area contributed by atoms with E-state index in [1.807, 2.05) is 24.3 Å². The Balaban J connectivity index is 1.51. The Morgan fingerprint density at radius 3 is 2.59 bits per heavy atom. The minimum absolute atomic E-state index is 0.172. The van der Waals surface area contributed by atoms with E-state index in [4.69, 9.17) is 9.15 Å². The fourth-order valence-electron chi connectivity index (χ4n) is 4.14. The van der Waals surface area contributed by atoms with Gasteiger partial charge in [0.25, 0.3) is 11.5 Å². The third kappa shape index (κ3) is 3.41. The fraction of sp³-hybridized carbons (Fsp3) is 0.261. The molecular formula is C23H22N6O5. The summed E-state index contributed by atoms with van der Waals surface area (Å²) in [6.07, 6.45) is 3.40. The molecule has 174 valence electrons. The zero-order valence-electron chi connectivity index (χ0n) is 18.8. The third-order valence-electron chi connectivity index (χ3n) is 5.98. The summed E-state index contributed by atoms with van der Waals surface area (Å²) < 4.78 is 14.5. The lowest BCUT2D eigenvalue weighted by molar-refractivity contribution is -0.133. The number of aryl methyl sites for hydroxylation is 1. The molecule has 11 heteroatoms. The number of hydrogen-bond acceptors (Lipinski definition) is 7. The van der Waals surface area contributed by atoms with Crippen LogP contribution in [-0.2, 0) is 25.4 Å². The van der Waals surface area contributed by atoms with Crippen LogP contribution in [0.5, 0.6) is 5.75 Å². The van der Waals surface area contributed by atoms with Gasteiger partial charge in [-0.25, -0.2) is 14.8 Å². The molecule has 1 atom stereocenters. The highest BCUT2D eigenvalue weighted by Crippen LogP contribution is 2.33. The van der Waals surface area contributed by atoms with Crippen LogP contribution in [0.25, 0.3) is 11.2 Å². The minimum Gasteiger partial charge on any atom is -0.497 e. The average Bonchev–Trinajstić information content (AvgIpc) is 3.61. The number of hydrazone groups is 1. The molecular weight excluding hydrogens is 440 g/mol. The van der Waals surface area contributed by atoms with Gasteiger partial charge < -0.3 is 13.7 Å². The van der Waals surface area contributed by atoms with E-state index in [-0.39, 0.29) is 23.6 Å². The van der Waals surface area contributed by atoms with Crippen LogP contribution < -0.4 is 16.0 Å². The van der Waals surface area contributed by atoms with E-state index in [2.05, 4.69) is 10.1 Å². The molecule has 0 radical (unpaired) electrons. The summed E-state index contributed by atoms with van der Waals surface area (Å²) >= 11 is 0. The molecule has 0 spiro atoms. The molecule has 1 aliphatic rings. The number of nitrogens with zero attached hydrogens (tertiary/aromatic N) is 6. The predicted octanol–water partition coefficient (Wildman–Crippen LogP) is 1.41. The minimum atomic E-state index is -0.519. The summed E-state index contributed by atoms with van der Waals surface area (Å²) in [5.41, 5.74) is 0.976. The number of methoxy groups -OCH3 is 1. The van der Waals surface area contributed by atoms with Gasteiger partial charge >= 0.3 is 5.69 Å². The maximum atomic E-state index is 13.4. The molecule has 34 heavy (non-hydrogen) atoms. The number of carbonyl (C=O) groups is 1. The molecule has 0 N–H and O–H groups in total. The fourth-order valence-corrected chi connectivity index (χ4v) is 4.14. The lowest BCUT2D eigenvalue weighted by Gasteiger charge is -2.20. The van der Waals surface area contributed by atoms with Crippen molar-refractivity contribution in [1.29, 1.82) is 0 Å². The van der Waals surface area contributed by atoms with Gasteiger partial charge in [0.15, 0.2) is 11.2 Å². The van der Waals surface area contributed by atoms with E-state index in [0.29, 0.717) is 12.2 Å². The zero-order valence-corrected chi connectivity index (χ0v) is 18.8. The highest BCUT2D eigenvalue weighted by molar-refractivity contribution is 6.03. The van der Waals surface area contributed by atoms with E-state index >= 15 is 0 Å². The topological polar surface area (TPSA) is 117 Å². The highest BCUT2D eigenvalue weighted by atomic mass is 16.5. The molecule has 5 rings (SSSR count). The number of hydrogen-bond donors (Lipinski definition) is 0. The van der Waals surface area contributed by atoms with Crippen LogP contribution in [0, 0.1) is 0 Å². The van der Waals surface area contributed by atoms with Gasteiger partial charge in [-0.1, -0.05) is 0 Å². The number of fused-ring (bicyclic) bond motifs is 1. The van der Waals surface area contributed by atoms with Gasteiger partial charge in [0.2, 0.25) is 0 Å². The molecule has 11 nitrogen and oxygen atoms in total. The van der Waals surface area contributed by atoms with Crippen LogP contribution in [-0.4, -0.2) is 42.4 Å². The van der Waals surface area contributed by atoms with E-state index in [9.17, 15) is 14.4 Å². The first-order chi connectivity index (χ1) is 16.4. The van der Waals surface area contributed by atoms with Gasteiger partial charge in [-0.05, 0) is 42.0 Å². The number of rotatable bonds is 5. The van der Waals surface area contributed by atoms with E-state index in [0.717, 1.165) is 21.6 Å². The first-order valence-corrected chi connectivity index (χ1v) is 10.6. The van der Waals surface area contributed by atoms with Crippen molar-refractivity contribution in [3.8, 4) is 5.75 Å². The molecule has 1 amide bonds. The van der Waals surface area contributed by atoms with Crippen LogP contribution in [0.4, 0.5) is 0 Å². The monoisotopic (exact) mass is 462 g/mol. The maximum absolute atomic E-state index is 13.4. The lowest BCUT2D eigenvalue weighted by atomic mass is 10.0. The molecule has 3 aromatic heterocycles. The number of amides is 1. The van der Waals surface area contributed by atoms with Crippen molar-refractivity contribution in [3.05, 3.63) is 81.2 Å². The summed E-state index contributed by atoms with van der Waals surface area (Å²) in [6.45, 7) is -0.180. The summed E-state index contributed by atoms with van der Waals surface area (Å²) in [5, 5.41) is 6.00. The number of carbonyl (C=O) groups excluding carboxylic acids is 1. The molecule has 4 heterocycles. The normalized spacial score (nSPS) is 15.7. The van der Waals surface area contributed by atoms with E-state index in [1.54, 1.807) is 25.5 Å². The average molecular weight is 462 g/mol. The zero-order chi connectivity index (χ0) is 24.0. The van der Waals surface area contributed by atoms with E-state index < -0.39 is 17.3 Å². The Morgan fingerprint density at radius 1 is 1.15 bits per heavy atom. The maximum Gasteiger partial charge on any atom is 0.332 e. The number of ether oxygens (including phenoxy) is 1. The summed E-state index contributed by atoms with van der Waals surface area (Å²) in [5.74, 6) is 0.982. The van der Waals surface area contributed by atoms with Gasteiger partial charge in [0.05, 0.1) is 25.4 Å². The van der Waals surface area contributed by atoms with Crippen LogP contribution >= 0.6 is 0 Å². The summed E-state index contributed by atoms with van der Waals surface area (Å²) in [7, 11) is 4.52. The number of aromatic nitrogens is 4. The molecule has 1 aromatic carbocycles. The van der Waals surface area contributed by atoms with Crippen molar-refractivity contribution in [3.63, 3.8) is 0 Å². The standard InChI is InChI=1S/C23H22N6O5/c1-26-21-20(22(31)27(2)23(26)32)28(13-24-21)12-19(30)29-17(18-5-4-10-34-18)11-16(25-29)14-6-8-15(33-3)9-7-14/h4-10,13,17H,11-12H2,1-3H3. The second-order valence-electron chi connectivity index (χ2n) is 8.00. The van der Waals surface area contributed by atoms with Crippen LogP contribution in [0.2, 0.25) is 0 Å². The van der Waals surface area contributed by atoms with Crippen LogP contribution in [0.3, 0.4) is 0 Å². The molecule has 0 saturated carbocycles. The Kier molecular flexibility index (Phi) is 5.16. The van der Waals surface area contributed by atoms with Crippen molar-refractivity contribution in [2.24, 2.45) is 19.2 Å². The van der Waals surface area contributed by atoms with Crippen LogP contribution in [0.1, 0.15) is 23.8 Å². The van der Waals surface area contributed by atoms with Gasteiger partial charge in [-0.2, -0.15) is 5.10 Å².